The fourth-order valence-corrected chi connectivity index (χ4v) is 5.13. The van der Waals surface area contributed by atoms with Gasteiger partial charge in [-0.05, 0) is 55.5 Å². The molecule has 5 nitrogen and oxygen atoms in total. The number of sulfonamides is 1. The fourth-order valence-electron chi connectivity index (χ4n) is 3.42. The summed E-state index contributed by atoms with van der Waals surface area (Å²) < 4.78 is 28.2. The van der Waals surface area contributed by atoms with Crippen molar-refractivity contribution < 1.29 is 13.2 Å². The highest BCUT2D eigenvalue weighted by Gasteiger charge is 2.36. The quantitative estimate of drug-likeness (QED) is 0.855. The number of fused-ring (bicyclic) bond motifs is 1. The Hall–Kier alpha value is -2.34. The lowest BCUT2D eigenvalue weighted by molar-refractivity contribution is 0.0948. The Morgan fingerprint density at radius 2 is 1.93 bits per heavy atom. The fraction of sp³-hybridized carbons (Fsp3) is 0.381. The van der Waals surface area contributed by atoms with Gasteiger partial charge in [-0.2, -0.15) is 0 Å². The second-order valence-electron chi connectivity index (χ2n) is 7.56. The third-order valence-electron chi connectivity index (χ3n) is 4.83. The van der Waals surface area contributed by atoms with Gasteiger partial charge in [0.1, 0.15) is 0 Å². The Bertz CT molecular complexity index is 967. The largest absolute Gasteiger partial charge is 0.352 e. The van der Waals surface area contributed by atoms with Crippen molar-refractivity contribution >= 4 is 21.6 Å². The number of benzene rings is 2. The second-order valence-corrected chi connectivity index (χ2v) is 9.38. The van der Waals surface area contributed by atoms with E-state index in [0.29, 0.717) is 24.4 Å². The predicted molar refractivity (Wildman–Crippen MR) is 108 cm³/mol. The number of nitrogens with zero attached hydrogens (tertiary/aromatic N) is 1. The van der Waals surface area contributed by atoms with Gasteiger partial charge in [0.2, 0.25) is 0 Å². The van der Waals surface area contributed by atoms with E-state index in [0.717, 1.165) is 16.8 Å². The highest BCUT2D eigenvalue weighted by Crippen LogP contribution is 2.36. The zero-order chi connectivity index (χ0) is 19.8. The summed E-state index contributed by atoms with van der Waals surface area (Å²) >= 11 is 0. The number of carbonyl (C=O) groups excluding carboxylic acids is 1. The lowest BCUT2D eigenvalue weighted by Gasteiger charge is -2.25. The van der Waals surface area contributed by atoms with E-state index in [-0.39, 0.29) is 16.8 Å². The molecule has 27 heavy (non-hydrogen) atoms. The molecule has 0 saturated heterocycles. The van der Waals surface area contributed by atoms with Crippen LogP contribution in [0.4, 0.5) is 5.69 Å². The van der Waals surface area contributed by atoms with Gasteiger partial charge in [-0.25, -0.2) is 8.42 Å². The summed E-state index contributed by atoms with van der Waals surface area (Å²) in [6, 6.07) is 12.2. The molecule has 2 aromatic rings. The number of hydrogen-bond donors (Lipinski definition) is 1. The number of hydrogen-bond acceptors (Lipinski definition) is 3. The number of anilines is 1. The van der Waals surface area contributed by atoms with Gasteiger partial charge in [0.05, 0.1) is 10.6 Å². The molecule has 0 spiro atoms. The van der Waals surface area contributed by atoms with Crippen LogP contribution in [0.5, 0.6) is 0 Å². The molecule has 1 N–H and O–H groups in total. The summed E-state index contributed by atoms with van der Waals surface area (Å²) in [5.74, 6) is 0.0799. The molecule has 0 saturated carbocycles. The molecule has 1 amide bonds. The summed E-state index contributed by atoms with van der Waals surface area (Å²) in [7, 11) is -3.75. The van der Waals surface area contributed by atoms with Crippen molar-refractivity contribution in [2.24, 2.45) is 5.92 Å². The van der Waals surface area contributed by atoms with E-state index >= 15 is 0 Å². The maximum atomic E-state index is 13.4. The molecule has 0 fully saturated rings. The smallest absolute Gasteiger partial charge is 0.264 e. The zero-order valence-corrected chi connectivity index (χ0v) is 17.0. The number of aryl methyl sites for hydroxylation is 1. The van der Waals surface area contributed by atoms with Crippen LogP contribution in [0.2, 0.25) is 0 Å². The second kappa shape index (κ2) is 7.35. The van der Waals surface area contributed by atoms with Crippen molar-refractivity contribution in [3.05, 3.63) is 59.2 Å². The van der Waals surface area contributed by atoms with E-state index in [1.165, 1.54) is 10.4 Å². The minimum absolute atomic E-state index is 0.145. The number of rotatable bonds is 5. The third-order valence-corrected chi connectivity index (χ3v) is 6.75. The standard InChI is InChI=1S/C21H26N2O3S/c1-14(2)13-22-21(24)19-12-18(10-9-15(19)3)27(25,26)23-16(4)11-17-7-5-6-8-20(17)23/h5-10,12,14,16H,11,13H2,1-4H3,(H,22,24). The molecule has 0 aromatic heterocycles. The van der Waals surface area contributed by atoms with Gasteiger partial charge >= 0.3 is 0 Å². The average molecular weight is 387 g/mol. The summed E-state index contributed by atoms with van der Waals surface area (Å²) in [4.78, 5) is 12.7. The van der Waals surface area contributed by atoms with Crippen LogP contribution in [-0.4, -0.2) is 26.9 Å². The summed E-state index contributed by atoms with van der Waals surface area (Å²) in [6.07, 6.45) is 0.684. The van der Waals surface area contributed by atoms with Gasteiger partial charge in [-0.15, -0.1) is 0 Å². The molecule has 2 aromatic carbocycles. The Morgan fingerprint density at radius 3 is 2.63 bits per heavy atom. The van der Waals surface area contributed by atoms with E-state index in [9.17, 15) is 13.2 Å². The van der Waals surface area contributed by atoms with Crippen molar-refractivity contribution in [1.82, 2.24) is 5.32 Å². The highest BCUT2D eigenvalue weighted by molar-refractivity contribution is 7.92. The van der Waals surface area contributed by atoms with Crippen LogP contribution < -0.4 is 9.62 Å². The van der Waals surface area contributed by atoms with Crippen LogP contribution in [0.15, 0.2) is 47.4 Å². The lowest BCUT2D eigenvalue weighted by Crippen LogP contribution is -2.36. The Balaban J connectivity index is 1.99. The van der Waals surface area contributed by atoms with Gasteiger partial charge in [-0.3, -0.25) is 9.10 Å². The Kier molecular flexibility index (Phi) is 5.29. The van der Waals surface area contributed by atoms with Gasteiger partial charge in [-0.1, -0.05) is 38.1 Å². The molecular weight excluding hydrogens is 360 g/mol. The van der Waals surface area contributed by atoms with Crippen LogP contribution >= 0.6 is 0 Å². The van der Waals surface area contributed by atoms with Gasteiger partial charge < -0.3 is 5.32 Å². The van der Waals surface area contributed by atoms with E-state index in [1.54, 1.807) is 12.1 Å². The van der Waals surface area contributed by atoms with Gasteiger partial charge in [0.25, 0.3) is 15.9 Å². The minimum Gasteiger partial charge on any atom is -0.352 e. The van der Waals surface area contributed by atoms with E-state index < -0.39 is 10.0 Å². The third kappa shape index (κ3) is 3.72. The van der Waals surface area contributed by atoms with Crippen LogP contribution in [0.3, 0.4) is 0 Å². The van der Waals surface area contributed by atoms with Crippen molar-refractivity contribution in [2.75, 3.05) is 10.8 Å². The molecule has 0 radical (unpaired) electrons. The zero-order valence-electron chi connectivity index (χ0n) is 16.2. The average Bonchev–Trinajstić information content (AvgIpc) is 2.96. The summed E-state index contributed by atoms with van der Waals surface area (Å²) in [6.45, 7) is 8.29. The maximum absolute atomic E-state index is 13.4. The first-order valence-electron chi connectivity index (χ1n) is 9.23. The first-order chi connectivity index (χ1) is 12.7. The van der Waals surface area contributed by atoms with Crippen molar-refractivity contribution in [3.63, 3.8) is 0 Å². The molecule has 1 aliphatic heterocycles. The molecule has 0 aliphatic carbocycles. The summed E-state index contributed by atoms with van der Waals surface area (Å²) in [5, 5.41) is 2.86. The van der Waals surface area contributed by atoms with Gasteiger partial charge in [0.15, 0.2) is 0 Å². The monoisotopic (exact) mass is 386 g/mol. The number of para-hydroxylation sites is 1. The van der Waals surface area contributed by atoms with E-state index in [1.807, 2.05) is 52.0 Å². The number of nitrogens with one attached hydrogen (secondary N) is 1. The highest BCUT2D eigenvalue weighted by atomic mass is 32.2. The van der Waals surface area contributed by atoms with E-state index in [2.05, 4.69) is 5.32 Å². The van der Waals surface area contributed by atoms with Gasteiger partial charge in [0, 0.05) is 18.2 Å². The molecule has 144 valence electrons. The lowest BCUT2D eigenvalue weighted by atomic mass is 10.1. The van der Waals surface area contributed by atoms with E-state index in [4.69, 9.17) is 0 Å². The predicted octanol–water partition coefficient (Wildman–Crippen LogP) is 3.52. The van der Waals surface area contributed by atoms with Crippen LogP contribution in [0.25, 0.3) is 0 Å². The first kappa shape index (κ1) is 19.4. The van der Waals surface area contributed by atoms with Crippen LogP contribution in [0, 0.1) is 12.8 Å². The molecule has 1 atom stereocenters. The molecular formula is C21H26N2O3S. The molecule has 1 heterocycles. The molecule has 3 rings (SSSR count). The molecule has 1 aliphatic rings. The minimum atomic E-state index is -3.75. The van der Waals surface area contributed by atoms with Crippen LogP contribution in [0.1, 0.15) is 42.3 Å². The molecule has 1 unspecified atom stereocenters. The number of amides is 1. The van der Waals surface area contributed by atoms with Crippen LogP contribution in [-0.2, 0) is 16.4 Å². The maximum Gasteiger partial charge on any atom is 0.264 e. The Morgan fingerprint density at radius 1 is 1.22 bits per heavy atom. The Labute approximate surface area is 161 Å². The molecule has 6 heteroatoms. The van der Waals surface area contributed by atoms with Crippen molar-refractivity contribution in [2.45, 2.75) is 45.1 Å². The number of carbonyl (C=O) groups is 1. The molecule has 0 bridgehead atoms. The summed E-state index contributed by atoms with van der Waals surface area (Å²) in [5.41, 5.74) is 2.90. The van der Waals surface area contributed by atoms with Crippen molar-refractivity contribution in [1.29, 1.82) is 0 Å². The topological polar surface area (TPSA) is 66.5 Å². The SMILES string of the molecule is Cc1ccc(S(=O)(=O)N2c3ccccc3CC2C)cc1C(=O)NCC(C)C. The normalized spacial score (nSPS) is 16.5. The van der Waals surface area contributed by atoms with Crippen molar-refractivity contribution in [3.8, 4) is 0 Å². The first-order valence-corrected chi connectivity index (χ1v) is 10.7.